The van der Waals surface area contributed by atoms with Crippen LogP contribution in [0.25, 0.3) is 0 Å². The number of hydrogen-bond acceptors (Lipinski definition) is 2. The van der Waals surface area contributed by atoms with E-state index in [1.807, 2.05) is 0 Å². The Morgan fingerprint density at radius 2 is 1.89 bits per heavy atom. The number of carbonyl (C=O) groups excluding carboxylic acids is 2. The van der Waals surface area contributed by atoms with Crippen molar-refractivity contribution in [3.05, 3.63) is 65.2 Å². The van der Waals surface area contributed by atoms with E-state index in [9.17, 15) is 22.8 Å². The number of anilines is 1. The lowest BCUT2D eigenvalue weighted by Gasteiger charge is -2.23. The largest absolute Gasteiger partial charge is 0.412 e. The quantitative estimate of drug-likeness (QED) is 0.856. The van der Waals surface area contributed by atoms with Crippen LogP contribution in [-0.4, -0.2) is 31.2 Å². The summed E-state index contributed by atoms with van der Waals surface area (Å²) >= 11 is 0. The maximum Gasteiger partial charge on any atom is 0.412 e. The molecule has 1 aliphatic rings. The van der Waals surface area contributed by atoms with Gasteiger partial charge < -0.3 is 10.6 Å². The number of rotatable bonds is 4. The van der Waals surface area contributed by atoms with Crippen LogP contribution in [0.2, 0.25) is 0 Å². The molecule has 3 rings (SSSR count). The van der Waals surface area contributed by atoms with Crippen LogP contribution in [0.15, 0.2) is 48.5 Å². The molecule has 0 bridgehead atoms. The van der Waals surface area contributed by atoms with Gasteiger partial charge in [0.2, 0.25) is 0 Å². The molecule has 0 aliphatic carbocycles. The van der Waals surface area contributed by atoms with Crippen molar-refractivity contribution in [1.29, 1.82) is 0 Å². The molecular formula is C19H18F3N3O2. The molecule has 1 atom stereocenters. The Balaban J connectivity index is 1.88. The minimum Gasteiger partial charge on any atom is -0.337 e. The molecule has 142 valence electrons. The summed E-state index contributed by atoms with van der Waals surface area (Å²) in [5.74, 6) is -0.859. The number of halogens is 3. The van der Waals surface area contributed by atoms with Crippen LogP contribution in [0.4, 0.5) is 23.7 Å². The number of carbonyl (C=O) groups is 2. The minimum atomic E-state index is -4.64. The molecule has 1 saturated heterocycles. The maximum atomic E-state index is 13.4. The maximum absolute atomic E-state index is 13.4. The van der Waals surface area contributed by atoms with Crippen LogP contribution in [0.3, 0.4) is 0 Å². The number of benzene rings is 2. The van der Waals surface area contributed by atoms with Crippen LogP contribution in [0, 0.1) is 6.92 Å². The Hall–Kier alpha value is -3.03. The highest BCUT2D eigenvalue weighted by molar-refractivity contribution is 5.99. The fourth-order valence-corrected chi connectivity index (χ4v) is 2.96. The van der Waals surface area contributed by atoms with Gasteiger partial charge in [0.05, 0.1) is 0 Å². The van der Waals surface area contributed by atoms with E-state index in [4.69, 9.17) is 0 Å². The number of aryl methyl sites for hydroxylation is 1. The highest BCUT2D eigenvalue weighted by atomic mass is 19.4. The molecule has 1 aliphatic heterocycles. The van der Waals surface area contributed by atoms with Crippen molar-refractivity contribution < 1.29 is 22.8 Å². The summed E-state index contributed by atoms with van der Waals surface area (Å²) in [4.78, 5) is 25.8. The van der Waals surface area contributed by atoms with E-state index in [0.717, 1.165) is 5.56 Å². The van der Waals surface area contributed by atoms with E-state index in [0.29, 0.717) is 18.8 Å². The third-order valence-corrected chi connectivity index (χ3v) is 4.35. The van der Waals surface area contributed by atoms with Gasteiger partial charge >= 0.3 is 12.2 Å². The Kier molecular flexibility index (Phi) is 5.07. The lowest BCUT2D eigenvalue weighted by Crippen LogP contribution is -2.38. The number of nitrogens with zero attached hydrogens (tertiary/aromatic N) is 1. The topological polar surface area (TPSA) is 61.4 Å². The summed E-state index contributed by atoms with van der Waals surface area (Å²) in [6, 6.07) is 9.27. The van der Waals surface area contributed by atoms with Crippen molar-refractivity contribution in [3.63, 3.8) is 0 Å². The molecule has 1 fully saturated rings. The molecule has 8 heteroatoms. The molecule has 0 aromatic heterocycles. The fourth-order valence-electron chi connectivity index (χ4n) is 2.96. The molecule has 2 aromatic carbocycles. The molecule has 2 N–H and O–H groups in total. The summed E-state index contributed by atoms with van der Waals surface area (Å²) in [5, 5.41) is 4.71. The SMILES string of the molecule is Cc1ccc(C(=O)NC(c2ccccc2)C(F)(F)F)cc1N1CCNC1=O. The number of nitrogens with one attached hydrogen (secondary N) is 2. The molecule has 1 heterocycles. The molecule has 27 heavy (non-hydrogen) atoms. The first-order valence-corrected chi connectivity index (χ1v) is 8.36. The summed E-state index contributed by atoms with van der Waals surface area (Å²) in [6.45, 7) is 2.67. The average Bonchev–Trinajstić information content (AvgIpc) is 3.05. The van der Waals surface area contributed by atoms with Crippen molar-refractivity contribution >= 4 is 17.6 Å². The third kappa shape index (κ3) is 4.05. The van der Waals surface area contributed by atoms with Crippen LogP contribution in [0.1, 0.15) is 27.5 Å². The second-order valence-corrected chi connectivity index (χ2v) is 6.24. The Morgan fingerprint density at radius 3 is 2.48 bits per heavy atom. The summed E-state index contributed by atoms with van der Waals surface area (Å²) in [6.07, 6.45) is -4.64. The smallest absolute Gasteiger partial charge is 0.337 e. The standard InChI is InChI=1S/C19H18F3N3O2/c1-12-7-8-14(11-15(12)25-10-9-23-18(25)27)17(26)24-16(19(20,21)22)13-5-3-2-4-6-13/h2-8,11,16H,9-10H2,1H3,(H,23,27)(H,24,26). The summed E-state index contributed by atoms with van der Waals surface area (Å²) < 4.78 is 40.3. The van der Waals surface area contributed by atoms with Gasteiger partial charge in [-0.3, -0.25) is 9.69 Å². The first-order valence-electron chi connectivity index (χ1n) is 8.36. The number of alkyl halides is 3. The molecule has 1 unspecified atom stereocenters. The van der Waals surface area contributed by atoms with Crippen molar-refractivity contribution in [2.24, 2.45) is 0 Å². The lowest BCUT2D eigenvalue weighted by atomic mass is 10.0. The third-order valence-electron chi connectivity index (χ3n) is 4.35. The lowest BCUT2D eigenvalue weighted by molar-refractivity contribution is -0.155. The highest BCUT2D eigenvalue weighted by Gasteiger charge is 2.42. The second kappa shape index (κ2) is 7.30. The first kappa shape index (κ1) is 18.8. The van der Waals surface area contributed by atoms with Crippen LogP contribution in [-0.2, 0) is 0 Å². The molecule has 5 nitrogen and oxygen atoms in total. The zero-order chi connectivity index (χ0) is 19.6. The Labute approximate surface area is 154 Å². The summed E-state index contributed by atoms with van der Waals surface area (Å²) in [5.41, 5.74) is 1.25. The zero-order valence-electron chi connectivity index (χ0n) is 14.5. The van der Waals surface area contributed by atoms with Gasteiger partial charge in [-0.15, -0.1) is 0 Å². The molecule has 3 amide bonds. The number of amides is 3. The molecule has 0 saturated carbocycles. The predicted molar refractivity (Wildman–Crippen MR) is 94.6 cm³/mol. The first-order chi connectivity index (χ1) is 12.8. The number of hydrogen-bond donors (Lipinski definition) is 2. The fraction of sp³-hybridized carbons (Fsp3) is 0.263. The molecule has 0 spiro atoms. The van der Waals surface area contributed by atoms with Crippen LogP contribution >= 0.6 is 0 Å². The van der Waals surface area contributed by atoms with Crippen LogP contribution in [0.5, 0.6) is 0 Å². The second-order valence-electron chi connectivity index (χ2n) is 6.24. The van der Waals surface area contributed by atoms with Crippen molar-refractivity contribution in [3.8, 4) is 0 Å². The normalized spacial score (nSPS) is 15.4. The molecule has 2 aromatic rings. The van der Waals surface area contributed by atoms with Gasteiger partial charge in [-0.05, 0) is 30.2 Å². The predicted octanol–water partition coefficient (Wildman–Crippen LogP) is 3.56. The van der Waals surface area contributed by atoms with E-state index in [1.165, 1.54) is 41.3 Å². The van der Waals surface area contributed by atoms with E-state index in [1.54, 1.807) is 19.1 Å². The van der Waals surface area contributed by atoms with E-state index >= 15 is 0 Å². The van der Waals surface area contributed by atoms with Gasteiger partial charge in [0.1, 0.15) is 0 Å². The van der Waals surface area contributed by atoms with E-state index in [2.05, 4.69) is 10.6 Å². The average molecular weight is 377 g/mol. The minimum absolute atomic E-state index is 0.0513. The van der Waals surface area contributed by atoms with Gasteiger partial charge in [-0.2, -0.15) is 13.2 Å². The zero-order valence-corrected chi connectivity index (χ0v) is 14.5. The molecular weight excluding hydrogens is 359 g/mol. The Bertz CT molecular complexity index is 853. The van der Waals surface area contributed by atoms with E-state index < -0.39 is 18.1 Å². The van der Waals surface area contributed by atoms with Crippen molar-refractivity contribution in [1.82, 2.24) is 10.6 Å². The van der Waals surface area contributed by atoms with Gasteiger partial charge in [0.15, 0.2) is 6.04 Å². The van der Waals surface area contributed by atoms with Gasteiger partial charge in [-0.25, -0.2) is 4.79 Å². The summed E-state index contributed by atoms with van der Waals surface area (Å²) in [7, 11) is 0. The van der Waals surface area contributed by atoms with Crippen LogP contribution < -0.4 is 15.5 Å². The highest BCUT2D eigenvalue weighted by Crippen LogP contribution is 2.33. The number of urea groups is 1. The van der Waals surface area contributed by atoms with E-state index in [-0.39, 0.29) is 17.2 Å². The monoisotopic (exact) mass is 377 g/mol. The van der Waals surface area contributed by atoms with Gasteiger partial charge in [-0.1, -0.05) is 36.4 Å². The Morgan fingerprint density at radius 1 is 1.19 bits per heavy atom. The van der Waals surface area contributed by atoms with Gasteiger partial charge in [0, 0.05) is 24.3 Å². The van der Waals surface area contributed by atoms with Gasteiger partial charge in [0.25, 0.3) is 5.91 Å². The van der Waals surface area contributed by atoms with Crippen molar-refractivity contribution in [2.75, 3.05) is 18.0 Å². The molecule has 0 radical (unpaired) electrons. The van der Waals surface area contributed by atoms with Crippen molar-refractivity contribution in [2.45, 2.75) is 19.1 Å².